The van der Waals surface area contributed by atoms with Crippen LogP contribution in [0.3, 0.4) is 0 Å². The molecule has 0 heterocycles. The third kappa shape index (κ3) is 4.06. The molecule has 0 aliphatic heterocycles. The molecule has 0 aromatic heterocycles. The molecule has 3 rings (SSSR count). The minimum absolute atomic E-state index is 0.597. The predicted molar refractivity (Wildman–Crippen MR) is 123 cm³/mol. The number of hydrogen-bond acceptors (Lipinski definition) is 1. The number of hydrogen-bond donors (Lipinski definition) is 1. The standard InChI is InChI=1S/C27H49N/c1-8-19(6)27(7)16-22(27)14-18(5)26-21(15-20(9-2)25(28)10-3)13-17(4)23-11-12-24(23)26/h10,17-24,26H,8-9,11-16,28H2,1-7H3/b25-10+/t17?,18?,19-,20?,21?,22?,23?,24?,26?,27?/m1/s1. The van der Waals surface area contributed by atoms with Crippen molar-refractivity contribution in [1.29, 1.82) is 0 Å². The quantitative estimate of drug-likeness (QED) is 0.431. The van der Waals surface area contributed by atoms with Crippen molar-refractivity contribution >= 4 is 0 Å². The van der Waals surface area contributed by atoms with E-state index >= 15 is 0 Å². The van der Waals surface area contributed by atoms with E-state index in [1.165, 1.54) is 51.4 Å². The van der Waals surface area contributed by atoms with E-state index in [-0.39, 0.29) is 0 Å². The lowest BCUT2D eigenvalue weighted by molar-refractivity contribution is -0.0614. The van der Waals surface area contributed by atoms with E-state index in [1.807, 2.05) is 0 Å². The second-order valence-electron chi connectivity index (χ2n) is 11.5. The third-order valence-corrected chi connectivity index (χ3v) is 10.2. The largest absolute Gasteiger partial charge is 0.402 e. The lowest BCUT2D eigenvalue weighted by atomic mass is 9.50. The average molecular weight is 388 g/mol. The molecule has 9 unspecified atom stereocenters. The van der Waals surface area contributed by atoms with Crippen molar-refractivity contribution in [2.45, 2.75) is 99.8 Å². The molecule has 0 radical (unpaired) electrons. The zero-order valence-electron chi connectivity index (χ0n) is 20.0. The third-order valence-electron chi connectivity index (χ3n) is 10.2. The summed E-state index contributed by atoms with van der Waals surface area (Å²) in [4.78, 5) is 0. The molecule has 0 saturated heterocycles. The van der Waals surface area contributed by atoms with E-state index in [2.05, 4.69) is 54.5 Å². The summed E-state index contributed by atoms with van der Waals surface area (Å²) < 4.78 is 0. The molecule has 3 fully saturated rings. The molecule has 2 N–H and O–H groups in total. The molecule has 3 aliphatic rings. The van der Waals surface area contributed by atoms with E-state index in [9.17, 15) is 0 Å². The van der Waals surface area contributed by atoms with E-state index in [0.29, 0.717) is 11.3 Å². The summed E-state index contributed by atoms with van der Waals surface area (Å²) >= 11 is 0. The van der Waals surface area contributed by atoms with Crippen molar-refractivity contribution in [3.05, 3.63) is 11.8 Å². The van der Waals surface area contributed by atoms with Crippen molar-refractivity contribution < 1.29 is 0 Å². The lowest BCUT2D eigenvalue weighted by Crippen LogP contribution is -2.48. The van der Waals surface area contributed by atoms with Crippen LogP contribution in [0.4, 0.5) is 0 Å². The number of fused-ring (bicyclic) bond motifs is 1. The van der Waals surface area contributed by atoms with Crippen molar-refractivity contribution in [2.24, 2.45) is 64.4 Å². The van der Waals surface area contributed by atoms with Crippen molar-refractivity contribution in [3.63, 3.8) is 0 Å². The Bertz CT molecular complexity index is 550. The highest BCUT2D eigenvalue weighted by Gasteiger charge is 2.55. The number of allylic oxidation sites excluding steroid dienone is 2. The summed E-state index contributed by atoms with van der Waals surface area (Å²) in [7, 11) is 0. The fraction of sp³-hybridized carbons (Fsp3) is 0.926. The Labute approximate surface area is 176 Å². The lowest BCUT2D eigenvalue weighted by Gasteiger charge is -2.55. The van der Waals surface area contributed by atoms with Crippen LogP contribution in [0.1, 0.15) is 99.8 Å². The summed E-state index contributed by atoms with van der Waals surface area (Å²) in [5.41, 5.74) is 8.20. The Hall–Kier alpha value is -0.460. The predicted octanol–water partition coefficient (Wildman–Crippen LogP) is 7.66. The number of nitrogens with two attached hydrogens (primary N) is 1. The zero-order chi connectivity index (χ0) is 20.6. The summed E-state index contributed by atoms with van der Waals surface area (Å²) in [6.07, 6.45) is 13.5. The number of rotatable bonds is 9. The highest BCUT2D eigenvalue weighted by atomic mass is 14.6. The van der Waals surface area contributed by atoms with E-state index in [1.54, 1.807) is 0 Å². The van der Waals surface area contributed by atoms with E-state index in [4.69, 9.17) is 5.73 Å². The van der Waals surface area contributed by atoms with Crippen LogP contribution in [0.25, 0.3) is 0 Å². The first-order chi connectivity index (χ1) is 13.3. The van der Waals surface area contributed by atoms with Crippen molar-refractivity contribution in [3.8, 4) is 0 Å². The zero-order valence-corrected chi connectivity index (χ0v) is 20.0. The van der Waals surface area contributed by atoms with Gasteiger partial charge in [-0.3, -0.25) is 0 Å². The fourth-order valence-electron chi connectivity index (χ4n) is 7.67. The Balaban J connectivity index is 1.71. The summed E-state index contributed by atoms with van der Waals surface area (Å²) in [6, 6.07) is 0. The van der Waals surface area contributed by atoms with Crippen LogP contribution in [0, 0.1) is 58.7 Å². The van der Waals surface area contributed by atoms with Gasteiger partial charge in [-0.15, -0.1) is 0 Å². The van der Waals surface area contributed by atoms with E-state index < -0.39 is 0 Å². The SMILES string of the molecule is C/C=C(/N)C(CC)CC1CC(C)C2CCC2C1C(C)CC1CC1(C)[C@H](C)CC. The Kier molecular flexibility index (Phi) is 6.93. The molecule has 28 heavy (non-hydrogen) atoms. The molecule has 3 saturated carbocycles. The average Bonchev–Trinajstić information content (AvgIpc) is 3.30. The van der Waals surface area contributed by atoms with Gasteiger partial charge in [-0.25, -0.2) is 0 Å². The molecular weight excluding hydrogens is 338 g/mol. The molecular formula is C27H49N. The topological polar surface area (TPSA) is 26.0 Å². The van der Waals surface area contributed by atoms with Gasteiger partial charge in [0.15, 0.2) is 0 Å². The maximum atomic E-state index is 6.41. The van der Waals surface area contributed by atoms with Crippen LogP contribution in [0.15, 0.2) is 11.8 Å². The van der Waals surface area contributed by atoms with Gasteiger partial charge in [-0.1, -0.05) is 54.0 Å². The van der Waals surface area contributed by atoms with Gasteiger partial charge >= 0.3 is 0 Å². The van der Waals surface area contributed by atoms with Gasteiger partial charge in [0.1, 0.15) is 0 Å². The van der Waals surface area contributed by atoms with Crippen molar-refractivity contribution in [2.75, 3.05) is 0 Å². The fourth-order valence-corrected chi connectivity index (χ4v) is 7.67. The first-order valence-corrected chi connectivity index (χ1v) is 12.7. The van der Waals surface area contributed by atoms with Gasteiger partial charge < -0.3 is 5.73 Å². The minimum Gasteiger partial charge on any atom is -0.402 e. The van der Waals surface area contributed by atoms with Crippen molar-refractivity contribution in [1.82, 2.24) is 0 Å². The highest BCUT2D eigenvalue weighted by molar-refractivity contribution is 5.06. The Morgan fingerprint density at radius 2 is 1.79 bits per heavy atom. The smallest absolute Gasteiger partial charge is 0.00686 e. The molecule has 10 atom stereocenters. The second-order valence-corrected chi connectivity index (χ2v) is 11.5. The maximum absolute atomic E-state index is 6.41. The van der Waals surface area contributed by atoms with Crippen LogP contribution >= 0.6 is 0 Å². The second kappa shape index (κ2) is 8.73. The minimum atomic E-state index is 0.597. The Morgan fingerprint density at radius 3 is 2.32 bits per heavy atom. The molecule has 0 aromatic carbocycles. The first kappa shape index (κ1) is 22.2. The van der Waals surface area contributed by atoms with Crippen LogP contribution in [0.2, 0.25) is 0 Å². The van der Waals surface area contributed by atoms with Gasteiger partial charge in [-0.05, 0) is 111 Å². The molecule has 3 aliphatic carbocycles. The van der Waals surface area contributed by atoms with Gasteiger partial charge in [0, 0.05) is 5.70 Å². The molecule has 162 valence electrons. The summed E-state index contributed by atoms with van der Waals surface area (Å²) in [6.45, 7) is 17.1. The summed E-state index contributed by atoms with van der Waals surface area (Å²) in [5.74, 6) is 8.19. The monoisotopic (exact) mass is 387 g/mol. The maximum Gasteiger partial charge on any atom is 0.00686 e. The molecule has 0 bridgehead atoms. The Morgan fingerprint density at radius 1 is 1.11 bits per heavy atom. The molecule has 1 heteroatoms. The van der Waals surface area contributed by atoms with Crippen LogP contribution in [-0.4, -0.2) is 0 Å². The van der Waals surface area contributed by atoms with Crippen LogP contribution < -0.4 is 5.73 Å². The van der Waals surface area contributed by atoms with Gasteiger partial charge in [0.05, 0.1) is 0 Å². The molecule has 0 aromatic rings. The molecule has 0 spiro atoms. The normalized spacial score (nSPS) is 43.6. The van der Waals surface area contributed by atoms with Gasteiger partial charge in [-0.2, -0.15) is 0 Å². The van der Waals surface area contributed by atoms with Crippen LogP contribution in [0.5, 0.6) is 0 Å². The van der Waals surface area contributed by atoms with Gasteiger partial charge in [0.2, 0.25) is 0 Å². The molecule has 0 amide bonds. The van der Waals surface area contributed by atoms with E-state index in [0.717, 1.165) is 53.0 Å². The molecule has 1 nitrogen and oxygen atoms in total. The van der Waals surface area contributed by atoms with Gasteiger partial charge in [0.25, 0.3) is 0 Å². The summed E-state index contributed by atoms with van der Waals surface area (Å²) in [5, 5.41) is 0. The van der Waals surface area contributed by atoms with Crippen LogP contribution in [-0.2, 0) is 0 Å². The first-order valence-electron chi connectivity index (χ1n) is 12.7. The highest BCUT2D eigenvalue weighted by Crippen LogP contribution is 2.63.